The van der Waals surface area contributed by atoms with Crippen LogP contribution in [0.2, 0.25) is 0 Å². The van der Waals surface area contributed by atoms with E-state index in [0.717, 1.165) is 0 Å². The van der Waals surface area contributed by atoms with Gasteiger partial charge in [-0.25, -0.2) is 0 Å². The van der Waals surface area contributed by atoms with E-state index in [9.17, 15) is 0 Å². The molecule has 1 aliphatic rings. The van der Waals surface area contributed by atoms with Gasteiger partial charge in [-0.2, -0.15) is 0 Å². The lowest BCUT2D eigenvalue weighted by Crippen LogP contribution is -1.68. The van der Waals surface area contributed by atoms with Gasteiger partial charge >= 0.3 is 0 Å². The molecule has 0 radical (unpaired) electrons. The Morgan fingerprint density at radius 3 is 1.10 bits per heavy atom. The molecule has 0 N–H and O–H groups in total. The summed E-state index contributed by atoms with van der Waals surface area (Å²) >= 11 is 0. The maximum Gasteiger partial charge on any atom is 0.0902 e. The Morgan fingerprint density at radius 2 is 0.800 bits per heavy atom. The van der Waals surface area contributed by atoms with Gasteiger partial charge in [-0.15, -0.1) is 0 Å². The van der Waals surface area contributed by atoms with Crippen molar-refractivity contribution in [2.45, 2.75) is 0 Å². The molecule has 0 fully saturated rings. The van der Waals surface area contributed by atoms with Crippen LogP contribution in [0.4, 0.5) is 0 Å². The second-order valence-corrected chi connectivity index (χ2v) is 1.59. The zero-order valence-corrected chi connectivity index (χ0v) is 5.44. The Bertz CT molecular complexity index is 145. The van der Waals surface area contributed by atoms with Gasteiger partial charge in [-0.3, -0.25) is 0 Å². The fourth-order valence-corrected chi connectivity index (χ4v) is 0.454. The third kappa shape index (κ3) is 2.77. The van der Waals surface area contributed by atoms with Gasteiger partial charge in [0.05, 0.1) is 25.0 Å². The monoisotopic (exact) mass is 136 g/mol. The Kier molecular flexibility index (Phi) is 2.96. The summed E-state index contributed by atoms with van der Waals surface area (Å²) < 4.78 is 9.78. The van der Waals surface area contributed by atoms with Crippen LogP contribution in [0.1, 0.15) is 0 Å². The minimum atomic E-state index is 1.56. The number of rotatable bonds is 0. The number of ether oxygens (including phenoxy) is 2. The van der Waals surface area contributed by atoms with Gasteiger partial charge in [0, 0.05) is 0 Å². The van der Waals surface area contributed by atoms with E-state index in [-0.39, 0.29) is 0 Å². The summed E-state index contributed by atoms with van der Waals surface area (Å²) in [7, 11) is 0. The standard InChI is InChI=1S/C8H8O2/c1-2-6-10-8-4-3-7-9-5-1/h1-8H/b5-1-,6-2-,7-3-,8-4-. The van der Waals surface area contributed by atoms with E-state index in [1.165, 1.54) is 0 Å². The molecule has 0 aromatic heterocycles. The normalized spacial score (nSPS) is 28.8. The molecule has 0 aromatic rings. The molecular weight excluding hydrogens is 128 g/mol. The summed E-state index contributed by atoms with van der Waals surface area (Å²) in [5, 5.41) is 0. The average Bonchev–Trinajstić information content (AvgIpc) is 2.01. The first-order valence-corrected chi connectivity index (χ1v) is 2.94. The summed E-state index contributed by atoms with van der Waals surface area (Å²) in [6, 6.07) is 0. The fraction of sp³-hybridized carbons (Fsp3) is 0. The summed E-state index contributed by atoms with van der Waals surface area (Å²) in [4.78, 5) is 0. The Labute approximate surface area is 59.8 Å². The van der Waals surface area contributed by atoms with Gasteiger partial charge in [0.25, 0.3) is 0 Å². The van der Waals surface area contributed by atoms with Crippen molar-refractivity contribution in [1.29, 1.82) is 0 Å². The first-order chi connectivity index (χ1) is 5.00. The molecule has 1 rings (SSSR count). The van der Waals surface area contributed by atoms with Crippen molar-refractivity contribution in [2.75, 3.05) is 0 Å². The molecule has 2 heteroatoms. The summed E-state index contributed by atoms with van der Waals surface area (Å²) in [6.07, 6.45) is 13.2. The van der Waals surface area contributed by atoms with Crippen molar-refractivity contribution in [3.63, 3.8) is 0 Å². The molecule has 0 aliphatic carbocycles. The van der Waals surface area contributed by atoms with Gasteiger partial charge in [-0.1, -0.05) is 0 Å². The summed E-state index contributed by atoms with van der Waals surface area (Å²) in [5.74, 6) is 0. The van der Waals surface area contributed by atoms with Crippen molar-refractivity contribution >= 4 is 0 Å². The van der Waals surface area contributed by atoms with Crippen LogP contribution in [0.5, 0.6) is 0 Å². The molecule has 0 bridgehead atoms. The largest absolute Gasteiger partial charge is 0.473 e. The molecule has 0 amide bonds. The topological polar surface area (TPSA) is 18.5 Å². The zero-order chi connectivity index (χ0) is 7.07. The average molecular weight is 136 g/mol. The van der Waals surface area contributed by atoms with E-state index in [0.29, 0.717) is 0 Å². The molecule has 0 unspecified atom stereocenters. The molecule has 2 nitrogen and oxygen atoms in total. The molecule has 1 heterocycles. The predicted molar refractivity (Wildman–Crippen MR) is 38.7 cm³/mol. The molecule has 0 saturated carbocycles. The van der Waals surface area contributed by atoms with Crippen LogP contribution < -0.4 is 0 Å². The summed E-state index contributed by atoms with van der Waals surface area (Å²) in [5.41, 5.74) is 0. The van der Waals surface area contributed by atoms with Crippen LogP contribution in [-0.2, 0) is 9.47 Å². The van der Waals surface area contributed by atoms with Gasteiger partial charge in [0.15, 0.2) is 0 Å². The first kappa shape index (κ1) is 6.68. The number of hydrogen-bond donors (Lipinski definition) is 0. The lowest BCUT2D eigenvalue weighted by molar-refractivity contribution is 0.392. The van der Waals surface area contributed by atoms with Crippen LogP contribution in [0.15, 0.2) is 49.4 Å². The number of hydrogen-bond acceptors (Lipinski definition) is 2. The van der Waals surface area contributed by atoms with Gasteiger partial charge < -0.3 is 9.47 Å². The van der Waals surface area contributed by atoms with Crippen LogP contribution in [0, 0.1) is 0 Å². The second kappa shape index (κ2) is 4.44. The molecule has 0 saturated heterocycles. The van der Waals surface area contributed by atoms with E-state index in [1.54, 1.807) is 49.4 Å². The molecular formula is C8H8O2. The number of allylic oxidation sites excluding steroid dienone is 4. The van der Waals surface area contributed by atoms with Crippen LogP contribution in [-0.4, -0.2) is 0 Å². The van der Waals surface area contributed by atoms with Crippen molar-refractivity contribution < 1.29 is 9.47 Å². The predicted octanol–water partition coefficient (Wildman–Crippen LogP) is 2.09. The lowest BCUT2D eigenvalue weighted by Gasteiger charge is -1.89. The van der Waals surface area contributed by atoms with Crippen molar-refractivity contribution in [2.24, 2.45) is 0 Å². The second-order valence-electron chi connectivity index (χ2n) is 1.59. The van der Waals surface area contributed by atoms with Crippen LogP contribution in [0.3, 0.4) is 0 Å². The van der Waals surface area contributed by atoms with E-state index in [2.05, 4.69) is 0 Å². The third-order valence-electron chi connectivity index (χ3n) is 0.851. The fourth-order valence-electron chi connectivity index (χ4n) is 0.454. The molecule has 1 aliphatic heterocycles. The highest BCUT2D eigenvalue weighted by Crippen LogP contribution is 1.88. The van der Waals surface area contributed by atoms with Crippen molar-refractivity contribution in [3.8, 4) is 0 Å². The molecule has 0 atom stereocenters. The highest BCUT2D eigenvalue weighted by molar-refractivity contribution is 5.02. The van der Waals surface area contributed by atoms with Crippen molar-refractivity contribution in [3.05, 3.63) is 49.4 Å². The quantitative estimate of drug-likeness (QED) is 0.507. The van der Waals surface area contributed by atoms with E-state index >= 15 is 0 Å². The highest BCUT2D eigenvalue weighted by atomic mass is 16.5. The van der Waals surface area contributed by atoms with Crippen LogP contribution in [0.25, 0.3) is 0 Å². The first-order valence-electron chi connectivity index (χ1n) is 2.94. The summed E-state index contributed by atoms with van der Waals surface area (Å²) in [6.45, 7) is 0. The minimum Gasteiger partial charge on any atom is -0.473 e. The van der Waals surface area contributed by atoms with E-state index in [1.807, 2.05) is 0 Å². The van der Waals surface area contributed by atoms with E-state index in [4.69, 9.17) is 9.47 Å². The third-order valence-corrected chi connectivity index (χ3v) is 0.851. The lowest BCUT2D eigenvalue weighted by atomic mass is 10.6. The maximum atomic E-state index is 4.89. The molecule has 0 spiro atoms. The minimum absolute atomic E-state index is 1.56. The zero-order valence-electron chi connectivity index (χ0n) is 5.44. The smallest absolute Gasteiger partial charge is 0.0902 e. The Balaban J connectivity index is 2.50. The van der Waals surface area contributed by atoms with Gasteiger partial charge in [0.1, 0.15) is 0 Å². The van der Waals surface area contributed by atoms with E-state index < -0.39 is 0 Å². The molecule has 52 valence electrons. The van der Waals surface area contributed by atoms with Gasteiger partial charge in [0.2, 0.25) is 0 Å². The SMILES string of the molecule is C1=C\O/C=C\C=C/O\C=C/1. The van der Waals surface area contributed by atoms with Crippen molar-refractivity contribution in [1.82, 2.24) is 0 Å². The Morgan fingerprint density at radius 1 is 0.500 bits per heavy atom. The maximum absolute atomic E-state index is 4.89. The Hall–Kier alpha value is -1.44. The highest BCUT2D eigenvalue weighted by Gasteiger charge is 1.71. The molecule has 0 aromatic carbocycles. The van der Waals surface area contributed by atoms with Gasteiger partial charge in [-0.05, 0) is 24.3 Å². The van der Waals surface area contributed by atoms with Crippen LogP contribution >= 0.6 is 0 Å². The molecule has 10 heavy (non-hydrogen) atoms.